The normalized spacial score (nSPS) is 10.7. The van der Waals surface area contributed by atoms with Crippen LogP contribution in [0.5, 0.6) is 5.75 Å². The van der Waals surface area contributed by atoms with Crippen LogP contribution < -0.4 is 10.2 Å². The van der Waals surface area contributed by atoms with E-state index in [0.29, 0.717) is 0 Å². The lowest BCUT2D eigenvalue weighted by molar-refractivity contribution is -0.120. The molecule has 0 aliphatic carbocycles. The van der Waals surface area contributed by atoms with Crippen molar-refractivity contribution in [2.24, 2.45) is 5.10 Å². The predicted molar refractivity (Wildman–Crippen MR) is 91.3 cm³/mol. The van der Waals surface area contributed by atoms with Gasteiger partial charge in [0.2, 0.25) is 5.91 Å². The van der Waals surface area contributed by atoms with Gasteiger partial charge in [0.05, 0.1) is 19.7 Å². The molecule has 4 nitrogen and oxygen atoms in total. The van der Waals surface area contributed by atoms with Crippen LogP contribution in [0.1, 0.15) is 16.7 Å². The molecular formula is C17H17BrN2O2. The molecule has 0 atom stereocenters. The Balaban J connectivity index is 1.88. The Kier molecular flexibility index (Phi) is 5.72. The lowest BCUT2D eigenvalue weighted by Crippen LogP contribution is -2.19. The molecule has 0 radical (unpaired) electrons. The summed E-state index contributed by atoms with van der Waals surface area (Å²) in [5.74, 6) is 0.611. The van der Waals surface area contributed by atoms with Crippen molar-refractivity contribution in [1.82, 2.24) is 5.43 Å². The molecule has 0 aromatic heterocycles. The largest absolute Gasteiger partial charge is 0.497 e. The Morgan fingerprint density at radius 1 is 1.27 bits per heavy atom. The number of hydrazone groups is 1. The number of hydrogen-bond acceptors (Lipinski definition) is 3. The molecule has 0 saturated carbocycles. The van der Waals surface area contributed by atoms with Gasteiger partial charge >= 0.3 is 0 Å². The highest BCUT2D eigenvalue weighted by molar-refractivity contribution is 9.10. The third kappa shape index (κ3) is 4.70. The van der Waals surface area contributed by atoms with E-state index in [4.69, 9.17) is 4.74 Å². The summed E-state index contributed by atoms with van der Waals surface area (Å²) in [4.78, 5) is 11.8. The molecule has 2 aromatic rings. The van der Waals surface area contributed by atoms with Gasteiger partial charge in [0.25, 0.3) is 0 Å². The zero-order valence-electron chi connectivity index (χ0n) is 12.5. The van der Waals surface area contributed by atoms with Crippen LogP contribution in [0.4, 0.5) is 0 Å². The van der Waals surface area contributed by atoms with Gasteiger partial charge in [0, 0.05) is 4.47 Å². The maximum atomic E-state index is 11.8. The van der Waals surface area contributed by atoms with E-state index in [0.717, 1.165) is 26.9 Å². The smallest absolute Gasteiger partial charge is 0.244 e. The third-order valence-electron chi connectivity index (χ3n) is 3.12. The number of carbonyl (C=O) groups is 1. The first-order valence-corrected chi connectivity index (χ1v) is 7.59. The second-order valence-corrected chi connectivity index (χ2v) is 5.68. The second kappa shape index (κ2) is 7.75. The molecule has 0 saturated heterocycles. The van der Waals surface area contributed by atoms with Crippen molar-refractivity contribution in [2.45, 2.75) is 13.3 Å². The fourth-order valence-electron chi connectivity index (χ4n) is 1.84. The molecule has 2 aromatic carbocycles. The number of nitrogens with one attached hydrogen (secondary N) is 1. The molecule has 0 heterocycles. The number of benzene rings is 2. The van der Waals surface area contributed by atoms with Gasteiger partial charge in [-0.1, -0.05) is 40.2 Å². The first-order valence-electron chi connectivity index (χ1n) is 6.79. The fourth-order valence-corrected chi connectivity index (χ4v) is 2.23. The van der Waals surface area contributed by atoms with Crippen LogP contribution in [0.2, 0.25) is 0 Å². The first-order chi connectivity index (χ1) is 10.6. The van der Waals surface area contributed by atoms with Crippen molar-refractivity contribution in [3.05, 3.63) is 63.6 Å². The molecule has 0 aliphatic rings. The molecule has 114 valence electrons. The summed E-state index contributed by atoms with van der Waals surface area (Å²) >= 11 is 3.46. The van der Waals surface area contributed by atoms with Crippen molar-refractivity contribution < 1.29 is 9.53 Å². The van der Waals surface area contributed by atoms with E-state index in [1.807, 2.05) is 49.4 Å². The monoisotopic (exact) mass is 360 g/mol. The fraction of sp³-hybridized carbons (Fsp3) is 0.176. The minimum Gasteiger partial charge on any atom is -0.497 e. The molecule has 0 fully saturated rings. The molecule has 0 spiro atoms. The molecule has 0 unspecified atom stereocenters. The summed E-state index contributed by atoms with van der Waals surface area (Å²) in [6.45, 7) is 2.02. The number of carbonyl (C=O) groups excluding carboxylic acids is 1. The van der Waals surface area contributed by atoms with Crippen LogP contribution in [-0.2, 0) is 11.2 Å². The van der Waals surface area contributed by atoms with E-state index in [9.17, 15) is 4.79 Å². The topological polar surface area (TPSA) is 50.7 Å². The Morgan fingerprint density at radius 3 is 2.64 bits per heavy atom. The molecular weight excluding hydrogens is 344 g/mol. The summed E-state index contributed by atoms with van der Waals surface area (Å²) in [5, 5.41) is 3.97. The molecule has 0 bridgehead atoms. The maximum Gasteiger partial charge on any atom is 0.244 e. The van der Waals surface area contributed by atoms with E-state index in [1.165, 1.54) is 0 Å². The van der Waals surface area contributed by atoms with E-state index < -0.39 is 0 Å². The number of amides is 1. The van der Waals surface area contributed by atoms with Gasteiger partial charge < -0.3 is 4.74 Å². The predicted octanol–water partition coefficient (Wildman–Crippen LogP) is 3.46. The van der Waals surface area contributed by atoms with Gasteiger partial charge in [-0.2, -0.15) is 5.10 Å². The van der Waals surface area contributed by atoms with Crippen molar-refractivity contribution >= 4 is 28.1 Å². The number of ether oxygens (including phenoxy) is 1. The quantitative estimate of drug-likeness (QED) is 0.655. The summed E-state index contributed by atoms with van der Waals surface area (Å²) < 4.78 is 6.09. The molecule has 2 rings (SSSR count). The zero-order chi connectivity index (χ0) is 15.9. The second-order valence-electron chi connectivity index (χ2n) is 4.83. The van der Waals surface area contributed by atoms with Gasteiger partial charge in [0.1, 0.15) is 5.75 Å². The number of rotatable bonds is 5. The van der Waals surface area contributed by atoms with E-state index in [1.54, 1.807) is 13.3 Å². The van der Waals surface area contributed by atoms with Gasteiger partial charge in [0.15, 0.2) is 0 Å². The molecule has 22 heavy (non-hydrogen) atoms. The highest BCUT2D eigenvalue weighted by Gasteiger charge is 2.02. The van der Waals surface area contributed by atoms with Crippen LogP contribution in [-0.4, -0.2) is 19.2 Å². The summed E-state index contributed by atoms with van der Waals surface area (Å²) in [6.07, 6.45) is 1.90. The highest BCUT2D eigenvalue weighted by atomic mass is 79.9. The minimum absolute atomic E-state index is 0.160. The third-order valence-corrected chi connectivity index (χ3v) is 3.98. The minimum atomic E-state index is -0.160. The maximum absolute atomic E-state index is 11.8. The standard InChI is InChI=1S/C17H17BrN2O2/c1-12-3-4-14(9-16(12)18)11-19-20-17(21)10-13-5-7-15(22-2)8-6-13/h3-9,11H,10H2,1-2H3,(H,20,21)/b19-11+. The Labute approximate surface area is 138 Å². The van der Waals surface area contributed by atoms with E-state index in [-0.39, 0.29) is 12.3 Å². The molecule has 0 aliphatic heterocycles. The highest BCUT2D eigenvalue weighted by Crippen LogP contribution is 2.16. The van der Waals surface area contributed by atoms with Crippen LogP contribution >= 0.6 is 15.9 Å². The zero-order valence-corrected chi connectivity index (χ0v) is 14.1. The number of hydrogen-bond donors (Lipinski definition) is 1. The van der Waals surface area contributed by atoms with Crippen molar-refractivity contribution in [3.63, 3.8) is 0 Å². The van der Waals surface area contributed by atoms with Gasteiger partial charge in [-0.15, -0.1) is 0 Å². The van der Waals surface area contributed by atoms with Crippen LogP contribution in [0.15, 0.2) is 52.0 Å². The number of aryl methyl sites for hydroxylation is 1. The van der Waals surface area contributed by atoms with Gasteiger partial charge in [-0.25, -0.2) is 5.43 Å². The molecule has 1 amide bonds. The average molecular weight is 361 g/mol. The van der Waals surface area contributed by atoms with Crippen LogP contribution in [0.25, 0.3) is 0 Å². The van der Waals surface area contributed by atoms with E-state index >= 15 is 0 Å². The molecule has 1 N–H and O–H groups in total. The molecule has 5 heteroatoms. The number of nitrogens with zero attached hydrogens (tertiary/aromatic N) is 1. The first kappa shape index (κ1) is 16.2. The average Bonchev–Trinajstić information content (AvgIpc) is 2.51. The SMILES string of the molecule is COc1ccc(CC(=O)N/N=C/c2ccc(C)c(Br)c2)cc1. The Morgan fingerprint density at radius 2 is 2.00 bits per heavy atom. The van der Waals surface area contributed by atoms with Crippen LogP contribution in [0, 0.1) is 6.92 Å². The van der Waals surface area contributed by atoms with Crippen molar-refractivity contribution in [2.75, 3.05) is 7.11 Å². The summed E-state index contributed by atoms with van der Waals surface area (Å²) in [5.41, 5.74) is 5.51. The van der Waals surface area contributed by atoms with Crippen molar-refractivity contribution in [1.29, 1.82) is 0 Å². The Bertz CT molecular complexity index is 682. The van der Waals surface area contributed by atoms with Gasteiger partial charge in [-0.05, 0) is 41.8 Å². The van der Waals surface area contributed by atoms with Gasteiger partial charge in [-0.3, -0.25) is 4.79 Å². The Hall–Kier alpha value is -2.14. The summed E-state index contributed by atoms with van der Waals surface area (Å²) in [7, 11) is 1.61. The lowest BCUT2D eigenvalue weighted by atomic mass is 10.1. The lowest BCUT2D eigenvalue weighted by Gasteiger charge is -2.03. The summed E-state index contributed by atoms with van der Waals surface area (Å²) in [6, 6.07) is 13.3. The van der Waals surface area contributed by atoms with E-state index in [2.05, 4.69) is 26.5 Å². The van der Waals surface area contributed by atoms with Crippen LogP contribution in [0.3, 0.4) is 0 Å². The van der Waals surface area contributed by atoms with Crippen molar-refractivity contribution in [3.8, 4) is 5.75 Å². The number of methoxy groups -OCH3 is 1. The number of halogens is 1.